The summed E-state index contributed by atoms with van der Waals surface area (Å²) >= 11 is 0. The monoisotopic (exact) mass is 261 g/mol. The molecule has 5 nitrogen and oxygen atoms in total. The van der Waals surface area contributed by atoms with Crippen molar-refractivity contribution in [2.75, 3.05) is 12.4 Å². The highest BCUT2D eigenvalue weighted by Gasteiger charge is 2.19. The Bertz CT molecular complexity index is 644. The molecule has 0 aliphatic heterocycles. The molecule has 98 valence electrons. The fourth-order valence-corrected chi connectivity index (χ4v) is 1.83. The molecule has 1 heterocycles. The van der Waals surface area contributed by atoms with Crippen molar-refractivity contribution in [2.45, 2.75) is 6.92 Å². The summed E-state index contributed by atoms with van der Waals surface area (Å²) in [5, 5.41) is 13.9. The summed E-state index contributed by atoms with van der Waals surface area (Å²) in [5.74, 6) is 0.137. The third-order valence-electron chi connectivity index (χ3n) is 2.77. The SMILES string of the molecule is CNc1ccc([N+](=O)[O-])c(-c2ccc(F)cc2C)n1. The first-order chi connectivity index (χ1) is 9.02. The molecular weight excluding hydrogens is 249 g/mol. The lowest BCUT2D eigenvalue weighted by molar-refractivity contribution is -0.384. The Hall–Kier alpha value is -2.50. The second-order valence-electron chi connectivity index (χ2n) is 4.03. The number of halogens is 1. The third-order valence-corrected chi connectivity index (χ3v) is 2.77. The predicted molar refractivity (Wildman–Crippen MR) is 70.6 cm³/mol. The highest BCUT2D eigenvalue weighted by atomic mass is 19.1. The number of nitrogens with one attached hydrogen (secondary N) is 1. The van der Waals surface area contributed by atoms with Gasteiger partial charge in [0.15, 0.2) is 5.69 Å². The largest absolute Gasteiger partial charge is 0.373 e. The van der Waals surface area contributed by atoms with Crippen molar-refractivity contribution in [3.05, 3.63) is 51.8 Å². The molecule has 2 aromatic rings. The predicted octanol–water partition coefficient (Wildman–Crippen LogP) is 3.15. The van der Waals surface area contributed by atoms with Crippen LogP contribution in [0.4, 0.5) is 15.9 Å². The molecule has 6 heteroatoms. The summed E-state index contributed by atoms with van der Waals surface area (Å²) in [7, 11) is 1.68. The number of rotatable bonds is 3. The van der Waals surface area contributed by atoms with Gasteiger partial charge in [-0.1, -0.05) is 0 Å². The summed E-state index contributed by atoms with van der Waals surface area (Å²) in [6, 6.07) is 7.00. The van der Waals surface area contributed by atoms with Crippen LogP contribution in [0.15, 0.2) is 30.3 Å². The van der Waals surface area contributed by atoms with Gasteiger partial charge in [-0.15, -0.1) is 0 Å². The van der Waals surface area contributed by atoms with Crippen LogP contribution >= 0.6 is 0 Å². The zero-order valence-electron chi connectivity index (χ0n) is 10.5. The molecule has 0 spiro atoms. The van der Waals surface area contributed by atoms with E-state index in [9.17, 15) is 14.5 Å². The van der Waals surface area contributed by atoms with Crippen LogP contribution in [0, 0.1) is 22.9 Å². The van der Waals surface area contributed by atoms with Gasteiger partial charge in [0.2, 0.25) is 0 Å². The van der Waals surface area contributed by atoms with Gasteiger partial charge in [0.05, 0.1) is 4.92 Å². The molecule has 0 radical (unpaired) electrons. The molecule has 0 saturated heterocycles. The lowest BCUT2D eigenvalue weighted by Crippen LogP contribution is -2.00. The van der Waals surface area contributed by atoms with Crippen LogP contribution in [-0.4, -0.2) is 17.0 Å². The summed E-state index contributed by atoms with van der Waals surface area (Å²) in [5.41, 5.74) is 1.28. The second-order valence-corrected chi connectivity index (χ2v) is 4.03. The fourth-order valence-electron chi connectivity index (χ4n) is 1.83. The van der Waals surface area contributed by atoms with Gasteiger partial charge < -0.3 is 5.32 Å². The molecular formula is C13H12FN3O2. The Kier molecular flexibility index (Phi) is 3.41. The molecule has 0 aliphatic carbocycles. The number of nitrogens with zero attached hydrogens (tertiary/aromatic N) is 2. The molecule has 0 amide bonds. The van der Waals surface area contributed by atoms with Crippen molar-refractivity contribution < 1.29 is 9.31 Å². The van der Waals surface area contributed by atoms with E-state index in [4.69, 9.17) is 0 Å². The number of nitro groups is 1. The van der Waals surface area contributed by atoms with E-state index in [1.54, 1.807) is 14.0 Å². The molecule has 0 aliphatic rings. The Morgan fingerprint density at radius 2 is 2.05 bits per heavy atom. The van der Waals surface area contributed by atoms with Gasteiger partial charge in [0, 0.05) is 18.7 Å². The van der Waals surface area contributed by atoms with Crippen LogP contribution in [0.25, 0.3) is 11.3 Å². The first-order valence-corrected chi connectivity index (χ1v) is 5.62. The Morgan fingerprint density at radius 3 is 2.63 bits per heavy atom. The van der Waals surface area contributed by atoms with E-state index < -0.39 is 4.92 Å². The number of hydrogen-bond donors (Lipinski definition) is 1. The average molecular weight is 261 g/mol. The van der Waals surface area contributed by atoms with Crippen LogP contribution in [0.1, 0.15) is 5.56 Å². The van der Waals surface area contributed by atoms with E-state index in [0.29, 0.717) is 16.9 Å². The minimum Gasteiger partial charge on any atom is -0.373 e. The lowest BCUT2D eigenvalue weighted by atomic mass is 10.0. The molecule has 19 heavy (non-hydrogen) atoms. The molecule has 0 atom stereocenters. The van der Waals surface area contributed by atoms with Gasteiger partial charge in [0.25, 0.3) is 5.69 Å². The highest BCUT2D eigenvalue weighted by molar-refractivity contribution is 5.73. The minimum absolute atomic E-state index is 0.103. The van der Waals surface area contributed by atoms with Crippen molar-refractivity contribution in [3.8, 4) is 11.3 Å². The molecule has 0 bridgehead atoms. The quantitative estimate of drug-likeness (QED) is 0.680. The number of anilines is 1. The summed E-state index contributed by atoms with van der Waals surface area (Å²) in [4.78, 5) is 14.7. The van der Waals surface area contributed by atoms with E-state index in [0.717, 1.165) is 0 Å². The first-order valence-electron chi connectivity index (χ1n) is 5.62. The standard InChI is InChI=1S/C13H12FN3O2/c1-8-7-9(14)3-4-10(8)13-11(17(18)19)5-6-12(15-2)16-13/h3-7H,1-2H3,(H,15,16). The van der Waals surface area contributed by atoms with E-state index in [2.05, 4.69) is 10.3 Å². The zero-order valence-corrected chi connectivity index (χ0v) is 10.5. The maximum Gasteiger partial charge on any atom is 0.295 e. The van der Waals surface area contributed by atoms with E-state index in [-0.39, 0.29) is 17.2 Å². The zero-order chi connectivity index (χ0) is 14.0. The third kappa shape index (κ3) is 2.52. The fraction of sp³-hybridized carbons (Fsp3) is 0.154. The van der Waals surface area contributed by atoms with Gasteiger partial charge in [0.1, 0.15) is 11.6 Å². The molecule has 1 aromatic heterocycles. The minimum atomic E-state index is -0.495. The smallest absolute Gasteiger partial charge is 0.295 e. The van der Waals surface area contributed by atoms with Crippen molar-refractivity contribution in [3.63, 3.8) is 0 Å². The topological polar surface area (TPSA) is 68.1 Å². The van der Waals surface area contributed by atoms with E-state index >= 15 is 0 Å². The number of aromatic nitrogens is 1. The second kappa shape index (κ2) is 5.01. The average Bonchev–Trinajstić information content (AvgIpc) is 2.38. The molecule has 0 unspecified atom stereocenters. The normalized spacial score (nSPS) is 10.3. The lowest BCUT2D eigenvalue weighted by Gasteiger charge is -2.08. The van der Waals surface area contributed by atoms with E-state index in [1.165, 1.54) is 30.3 Å². The maximum atomic E-state index is 13.1. The van der Waals surface area contributed by atoms with Gasteiger partial charge in [-0.05, 0) is 36.8 Å². The Morgan fingerprint density at radius 1 is 1.32 bits per heavy atom. The Labute approximate surface area is 109 Å². The van der Waals surface area contributed by atoms with Gasteiger partial charge in [-0.3, -0.25) is 10.1 Å². The molecule has 1 aromatic carbocycles. The summed E-state index contributed by atoms with van der Waals surface area (Å²) < 4.78 is 13.1. The van der Waals surface area contributed by atoms with Gasteiger partial charge in [-0.2, -0.15) is 0 Å². The van der Waals surface area contributed by atoms with Crippen molar-refractivity contribution in [2.24, 2.45) is 0 Å². The number of benzene rings is 1. The molecule has 2 rings (SSSR count). The maximum absolute atomic E-state index is 13.1. The van der Waals surface area contributed by atoms with Crippen molar-refractivity contribution >= 4 is 11.5 Å². The highest BCUT2D eigenvalue weighted by Crippen LogP contribution is 2.31. The molecule has 0 fully saturated rings. The van der Waals surface area contributed by atoms with E-state index in [1.807, 2.05) is 0 Å². The van der Waals surface area contributed by atoms with Crippen LogP contribution in [0.5, 0.6) is 0 Å². The van der Waals surface area contributed by atoms with Crippen LogP contribution in [-0.2, 0) is 0 Å². The molecule has 1 N–H and O–H groups in total. The number of aryl methyl sites for hydroxylation is 1. The number of hydrogen-bond acceptors (Lipinski definition) is 4. The first kappa shape index (κ1) is 12.9. The van der Waals surface area contributed by atoms with Crippen molar-refractivity contribution in [1.82, 2.24) is 4.98 Å². The number of pyridine rings is 1. The van der Waals surface area contributed by atoms with Gasteiger partial charge >= 0.3 is 0 Å². The van der Waals surface area contributed by atoms with Crippen LogP contribution < -0.4 is 5.32 Å². The van der Waals surface area contributed by atoms with Crippen LogP contribution in [0.3, 0.4) is 0 Å². The van der Waals surface area contributed by atoms with Crippen molar-refractivity contribution in [1.29, 1.82) is 0 Å². The molecule has 0 saturated carbocycles. The van der Waals surface area contributed by atoms with Crippen LogP contribution in [0.2, 0.25) is 0 Å². The summed E-state index contributed by atoms with van der Waals surface area (Å²) in [6.45, 7) is 1.69. The summed E-state index contributed by atoms with van der Waals surface area (Å²) in [6.07, 6.45) is 0. The van der Waals surface area contributed by atoms with Gasteiger partial charge in [-0.25, -0.2) is 9.37 Å². The Balaban J connectivity index is 2.68.